The first kappa shape index (κ1) is 26.4. The lowest BCUT2D eigenvalue weighted by Crippen LogP contribution is -2.57. The number of halogens is 1. The van der Waals surface area contributed by atoms with Gasteiger partial charge in [0.1, 0.15) is 0 Å². The second-order valence-electron chi connectivity index (χ2n) is 10.5. The molecule has 3 N–H and O–H groups in total. The molecule has 0 aromatic heterocycles. The van der Waals surface area contributed by atoms with E-state index in [4.69, 9.17) is 22.2 Å². The number of benzene rings is 3. The Kier molecular flexibility index (Phi) is 7.84. The van der Waals surface area contributed by atoms with Gasteiger partial charge in [-0.15, -0.1) is 0 Å². The lowest BCUT2D eigenvalue weighted by molar-refractivity contribution is -0.138. The van der Waals surface area contributed by atoms with Crippen LogP contribution in [0.15, 0.2) is 66.7 Å². The minimum atomic E-state index is -0.662. The first-order chi connectivity index (χ1) is 18.3. The SMILES string of the molecule is Cc1ccc(C2C(C(=O)NOCc3ccc(Cl)cc3)c3ccccc3C(=O)N2C2CCCCC2N)c(C)c1. The van der Waals surface area contributed by atoms with Gasteiger partial charge in [-0.05, 0) is 67.1 Å². The van der Waals surface area contributed by atoms with E-state index in [-0.39, 0.29) is 30.5 Å². The smallest absolute Gasteiger partial charge is 0.255 e. The molecule has 0 radical (unpaired) electrons. The summed E-state index contributed by atoms with van der Waals surface area (Å²) in [5, 5.41) is 0.638. The van der Waals surface area contributed by atoms with Crippen LogP contribution in [-0.2, 0) is 16.2 Å². The number of aryl methyl sites for hydroxylation is 2. The van der Waals surface area contributed by atoms with Gasteiger partial charge >= 0.3 is 0 Å². The number of carbonyl (C=O) groups is 2. The van der Waals surface area contributed by atoms with Gasteiger partial charge in [0.15, 0.2) is 0 Å². The maximum atomic E-state index is 14.1. The maximum absolute atomic E-state index is 14.1. The van der Waals surface area contributed by atoms with Crippen molar-refractivity contribution in [3.05, 3.63) is 105 Å². The van der Waals surface area contributed by atoms with E-state index >= 15 is 0 Å². The third-order valence-electron chi connectivity index (χ3n) is 7.87. The molecular weight excluding hydrogens is 498 g/mol. The van der Waals surface area contributed by atoms with E-state index in [0.29, 0.717) is 16.1 Å². The van der Waals surface area contributed by atoms with Crippen molar-refractivity contribution in [3.63, 3.8) is 0 Å². The number of amides is 2. The highest BCUT2D eigenvalue weighted by Crippen LogP contribution is 2.46. The van der Waals surface area contributed by atoms with Gasteiger partial charge in [-0.2, -0.15) is 0 Å². The Morgan fingerprint density at radius 2 is 1.76 bits per heavy atom. The minimum absolute atomic E-state index is 0.0703. The van der Waals surface area contributed by atoms with Crippen molar-refractivity contribution in [2.75, 3.05) is 0 Å². The molecule has 1 saturated carbocycles. The van der Waals surface area contributed by atoms with Gasteiger partial charge in [0, 0.05) is 22.7 Å². The van der Waals surface area contributed by atoms with E-state index in [1.807, 2.05) is 67.3 Å². The first-order valence-electron chi connectivity index (χ1n) is 13.3. The lowest BCUT2D eigenvalue weighted by Gasteiger charge is -2.48. The predicted octanol–water partition coefficient (Wildman–Crippen LogP) is 5.76. The van der Waals surface area contributed by atoms with Crippen LogP contribution in [0.1, 0.15) is 75.8 Å². The summed E-state index contributed by atoms with van der Waals surface area (Å²) in [6, 6.07) is 20.1. The summed E-state index contributed by atoms with van der Waals surface area (Å²) in [4.78, 5) is 35.7. The summed E-state index contributed by atoms with van der Waals surface area (Å²) < 4.78 is 0. The van der Waals surface area contributed by atoms with E-state index in [9.17, 15) is 9.59 Å². The maximum Gasteiger partial charge on any atom is 0.255 e. The highest BCUT2D eigenvalue weighted by atomic mass is 35.5. The van der Waals surface area contributed by atoms with Gasteiger partial charge in [-0.25, -0.2) is 5.48 Å². The number of hydrogen-bond donors (Lipinski definition) is 2. The number of nitrogens with zero attached hydrogens (tertiary/aromatic N) is 1. The standard InChI is InChI=1S/C31H34ClN3O3/c1-19-11-16-23(20(2)17-19)29-28(30(36)34-38-18-21-12-14-22(32)15-13-21)24-7-3-4-8-25(24)31(37)35(29)27-10-6-5-9-26(27)33/h3-4,7-8,11-17,26-29H,5-6,9-10,18,33H2,1-2H3,(H,34,36). The Morgan fingerprint density at radius 1 is 1.03 bits per heavy atom. The van der Waals surface area contributed by atoms with Crippen molar-refractivity contribution in [3.8, 4) is 0 Å². The zero-order valence-corrected chi connectivity index (χ0v) is 22.6. The number of carbonyl (C=O) groups excluding carboxylic acids is 2. The second-order valence-corrected chi connectivity index (χ2v) is 10.9. The molecule has 1 aliphatic heterocycles. The third-order valence-corrected chi connectivity index (χ3v) is 8.12. The van der Waals surface area contributed by atoms with Gasteiger partial charge < -0.3 is 10.6 Å². The number of fused-ring (bicyclic) bond motifs is 1. The van der Waals surface area contributed by atoms with Crippen LogP contribution in [0.5, 0.6) is 0 Å². The fourth-order valence-corrected chi connectivity index (χ4v) is 6.13. The molecule has 1 fully saturated rings. The molecule has 0 saturated heterocycles. The zero-order valence-electron chi connectivity index (χ0n) is 21.8. The average molecular weight is 532 g/mol. The van der Waals surface area contributed by atoms with E-state index in [1.54, 1.807) is 12.1 Å². The highest BCUT2D eigenvalue weighted by molar-refractivity contribution is 6.30. The lowest BCUT2D eigenvalue weighted by atomic mass is 9.75. The summed E-state index contributed by atoms with van der Waals surface area (Å²) in [5.74, 6) is -1.03. The van der Waals surface area contributed by atoms with Crippen molar-refractivity contribution < 1.29 is 14.4 Å². The number of rotatable bonds is 6. The monoisotopic (exact) mass is 531 g/mol. The molecular formula is C31H34ClN3O3. The molecule has 2 aliphatic rings. The van der Waals surface area contributed by atoms with Crippen LogP contribution in [0.2, 0.25) is 5.02 Å². The van der Waals surface area contributed by atoms with Crippen molar-refractivity contribution in [1.82, 2.24) is 10.4 Å². The van der Waals surface area contributed by atoms with Crippen molar-refractivity contribution in [2.24, 2.45) is 5.73 Å². The van der Waals surface area contributed by atoms with Crippen molar-refractivity contribution in [1.29, 1.82) is 0 Å². The molecule has 3 aromatic rings. The summed E-state index contributed by atoms with van der Waals surface area (Å²) in [7, 11) is 0. The molecule has 0 spiro atoms. The van der Waals surface area contributed by atoms with Gasteiger partial charge in [0.05, 0.1) is 18.6 Å². The average Bonchev–Trinajstić information content (AvgIpc) is 2.90. The van der Waals surface area contributed by atoms with Crippen LogP contribution in [0.4, 0.5) is 0 Å². The van der Waals surface area contributed by atoms with Crippen LogP contribution >= 0.6 is 11.6 Å². The van der Waals surface area contributed by atoms with Crippen LogP contribution in [-0.4, -0.2) is 28.8 Å². The van der Waals surface area contributed by atoms with Gasteiger partial charge in [-0.3, -0.25) is 14.4 Å². The summed E-state index contributed by atoms with van der Waals surface area (Å²) in [6.07, 6.45) is 3.73. The third kappa shape index (κ3) is 5.21. The van der Waals surface area contributed by atoms with Crippen LogP contribution in [0.3, 0.4) is 0 Å². The Labute approximate surface area is 229 Å². The van der Waals surface area contributed by atoms with E-state index in [2.05, 4.69) is 11.5 Å². The topological polar surface area (TPSA) is 84.7 Å². The number of hydrogen-bond acceptors (Lipinski definition) is 4. The first-order valence-corrected chi connectivity index (χ1v) is 13.6. The molecule has 2 amide bonds. The Hall–Kier alpha value is -3.19. The molecule has 7 heteroatoms. The van der Waals surface area contributed by atoms with Crippen LogP contribution in [0.25, 0.3) is 0 Å². The number of nitrogens with one attached hydrogen (secondary N) is 1. The molecule has 38 heavy (non-hydrogen) atoms. The summed E-state index contributed by atoms with van der Waals surface area (Å²) in [5.41, 5.74) is 14.6. The fraction of sp³-hybridized carbons (Fsp3) is 0.355. The molecule has 3 aromatic carbocycles. The largest absolute Gasteiger partial charge is 0.326 e. The Morgan fingerprint density at radius 3 is 2.50 bits per heavy atom. The van der Waals surface area contributed by atoms with Crippen molar-refractivity contribution in [2.45, 2.75) is 70.2 Å². The quantitative estimate of drug-likeness (QED) is 0.396. The molecule has 1 heterocycles. The van der Waals surface area contributed by atoms with Gasteiger partial charge in [-0.1, -0.05) is 78.5 Å². The molecule has 0 bridgehead atoms. The van der Waals surface area contributed by atoms with E-state index < -0.39 is 12.0 Å². The Bertz CT molecular complexity index is 1330. The molecule has 4 atom stereocenters. The highest BCUT2D eigenvalue weighted by Gasteiger charge is 2.48. The molecule has 1 aliphatic carbocycles. The fourth-order valence-electron chi connectivity index (χ4n) is 6.01. The predicted molar refractivity (Wildman–Crippen MR) is 149 cm³/mol. The molecule has 5 rings (SSSR count). The van der Waals surface area contributed by atoms with Gasteiger partial charge in [0.2, 0.25) is 0 Å². The number of nitrogens with two attached hydrogens (primary N) is 1. The summed E-state index contributed by atoms with van der Waals surface area (Å²) >= 11 is 5.99. The minimum Gasteiger partial charge on any atom is -0.326 e. The molecule has 198 valence electrons. The molecule has 6 nitrogen and oxygen atoms in total. The zero-order chi connectivity index (χ0) is 26.8. The van der Waals surface area contributed by atoms with Crippen LogP contribution < -0.4 is 11.2 Å². The summed E-state index contributed by atoms with van der Waals surface area (Å²) in [6.45, 7) is 4.28. The van der Waals surface area contributed by atoms with Crippen LogP contribution in [0, 0.1) is 13.8 Å². The molecule has 4 unspecified atom stereocenters. The van der Waals surface area contributed by atoms with Gasteiger partial charge in [0.25, 0.3) is 11.8 Å². The Balaban J connectivity index is 1.55. The second kappa shape index (κ2) is 11.3. The van der Waals surface area contributed by atoms with E-state index in [0.717, 1.165) is 47.9 Å². The van der Waals surface area contributed by atoms with E-state index in [1.165, 1.54) is 0 Å². The number of hydroxylamine groups is 1. The normalized spacial score (nSPS) is 23.2. The van der Waals surface area contributed by atoms with Crippen molar-refractivity contribution >= 4 is 23.4 Å².